The molecule has 0 spiro atoms. The highest BCUT2D eigenvalue weighted by molar-refractivity contribution is 7.19. The Morgan fingerprint density at radius 3 is 3.08 bits per heavy atom. The Kier molecular flexibility index (Phi) is 3.63. The van der Waals surface area contributed by atoms with E-state index in [1.54, 1.807) is 4.90 Å². The molecular formula is C17H24N7S+. The third kappa shape index (κ3) is 2.34. The van der Waals surface area contributed by atoms with E-state index in [0.29, 0.717) is 11.8 Å². The van der Waals surface area contributed by atoms with Crippen molar-refractivity contribution in [3.05, 3.63) is 10.4 Å². The van der Waals surface area contributed by atoms with Gasteiger partial charge in [-0.15, -0.1) is 11.3 Å². The number of piperidine rings is 1. The number of tetrazole rings is 1. The van der Waals surface area contributed by atoms with Crippen LogP contribution in [-0.4, -0.2) is 50.7 Å². The number of rotatable bonds is 2. The molecule has 0 radical (unpaired) electrons. The lowest BCUT2D eigenvalue weighted by atomic mass is 10.0. The molecule has 8 heteroatoms. The molecule has 2 aliphatic heterocycles. The number of anilines is 1. The van der Waals surface area contributed by atoms with Crippen molar-refractivity contribution in [3.63, 3.8) is 0 Å². The highest BCUT2D eigenvalue weighted by Crippen LogP contribution is 2.39. The Hall–Kier alpha value is -1.80. The summed E-state index contributed by atoms with van der Waals surface area (Å²) in [4.78, 5) is 11.7. The second-order valence-corrected chi connectivity index (χ2v) is 8.41. The largest absolute Gasteiger partial charge is 0.353 e. The molecule has 2 aliphatic rings. The first-order chi connectivity index (χ1) is 12.3. The van der Waals surface area contributed by atoms with Crippen molar-refractivity contribution in [1.82, 2.24) is 25.0 Å². The van der Waals surface area contributed by atoms with Crippen LogP contribution in [0.4, 0.5) is 5.82 Å². The van der Waals surface area contributed by atoms with Crippen molar-refractivity contribution in [2.45, 2.75) is 52.1 Å². The average Bonchev–Trinajstić information content (AvgIpc) is 3.24. The molecule has 1 N–H and O–H groups in total. The second-order valence-electron chi connectivity index (χ2n) is 7.33. The van der Waals surface area contributed by atoms with Crippen LogP contribution in [0.2, 0.25) is 0 Å². The molecule has 25 heavy (non-hydrogen) atoms. The van der Waals surface area contributed by atoms with E-state index in [1.165, 1.54) is 53.0 Å². The molecule has 1 fully saturated rings. The molecule has 0 aromatic carbocycles. The summed E-state index contributed by atoms with van der Waals surface area (Å²) in [6, 6.07) is 0.527. The Morgan fingerprint density at radius 1 is 1.32 bits per heavy atom. The van der Waals surface area contributed by atoms with E-state index in [1.807, 2.05) is 15.9 Å². The van der Waals surface area contributed by atoms with Gasteiger partial charge in [0.25, 0.3) is 5.78 Å². The Bertz CT molecular complexity index is 930. The zero-order valence-electron chi connectivity index (χ0n) is 14.8. The Balaban J connectivity index is 1.76. The summed E-state index contributed by atoms with van der Waals surface area (Å²) in [5.74, 6) is 1.74. The normalized spacial score (nSPS) is 24.2. The zero-order chi connectivity index (χ0) is 17.0. The number of likely N-dealkylation sites (N-methyl/N-ethyl adjacent to an activating group) is 1. The van der Waals surface area contributed by atoms with Gasteiger partial charge in [-0.3, -0.25) is 0 Å². The molecule has 3 aromatic rings. The minimum atomic E-state index is 0.527. The van der Waals surface area contributed by atoms with Crippen LogP contribution in [0.1, 0.15) is 43.6 Å². The van der Waals surface area contributed by atoms with Crippen molar-refractivity contribution < 1.29 is 4.90 Å². The molecular weight excluding hydrogens is 334 g/mol. The highest BCUT2D eigenvalue weighted by atomic mass is 32.1. The van der Waals surface area contributed by atoms with Gasteiger partial charge in [0.2, 0.25) is 0 Å². The number of thiophene rings is 1. The number of nitrogens with zero attached hydrogens (tertiary/aromatic N) is 6. The third-order valence-corrected chi connectivity index (χ3v) is 7.07. The summed E-state index contributed by atoms with van der Waals surface area (Å²) >= 11 is 1.87. The number of hydrogen-bond donors (Lipinski definition) is 1. The van der Waals surface area contributed by atoms with Crippen LogP contribution in [0.3, 0.4) is 0 Å². The van der Waals surface area contributed by atoms with Crippen LogP contribution >= 0.6 is 11.3 Å². The fourth-order valence-electron chi connectivity index (χ4n) is 4.36. The van der Waals surface area contributed by atoms with Crippen LogP contribution in [0.15, 0.2) is 0 Å². The Morgan fingerprint density at radius 2 is 2.24 bits per heavy atom. The van der Waals surface area contributed by atoms with Crippen molar-refractivity contribution in [2.75, 3.05) is 24.5 Å². The van der Waals surface area contributed by atoms with E-state index in [0.717, 1.165) is 25.3 Å². The van der Waals surface area contributed by atoms with E-state index in [9.17, 15) is 0 Å². The van der Waals surface area contributed by atoms with Gasteiger partial charge in [0.15, 0.2) is 0 Å². The fourth-order valence-corrected chi connectivity index (χ4v) is 5.72. The van der Waals surface area contributed by atoms with Gasteiger partial charge in [0.1, 0.15) is 17.2 Å². The number of aromatic nitrogens is 5. The van der Waals surface area contributed by atoms with Crippen LogP contribution in [-0.2, 0) is 13.0 Å². The van der Waals surface area contributed by atoms with E-state index in [-0.39, 0.29) is 0 Å². The van der Waals surface area contributed by atoms with Crippen LogP contribution < -0.4 is 9.80 Å². The van der Waals surface area contributed by atoms with Gasteiger partial charge < -0.3 is 9.80 Å². The van der Waals surface area contributed by atoms with Gasteiger partial charge in [-0.25, -0.2) is 0 Å². The molecule has 0 saturated carbocycles. The van der Waals surface area contributed by atoms with E-state index in [2.05, 4.69) is 34.3 Å². The Labute approximate surface area is 150 Å². The monoisotopic (exact) mass is 358 g/mol. The van der Waals surface area contributed by atoms with Crippen LogP contribution in [0, 0.1) is 0 Å². The molecule has 0 bridgehead atoms. The van der Waals surface area contributed by atoms with Crippen molar-refractivity contribution in [2.24, 2.45) is 0 Å². The molecule has 3 aromatic heterocycles. The van der Waals surface area contributed by atoms with Gasteiger partial charge in [-0.05, 0) is 49.1 Å². The number of nitrogens with one attached hydrogen (secondary N) is 1. The lowest BCUT2D eigenvalue weighted by Crippen LogP contribution is -3.11. The zero-order valence-corrected chi connectivity index (χ0v) is 15.6. The minimum absolute atomic E-state index is 0.527. The van der Waals surface area contributed by atoms with Crippen LogP contribution in [0.25, 0.3) is 16.0 Å². The predicted molar refractivity (Wildman–Crippen MR) is 98.4 cm³/mol. The molecule has 2 atom stereocenters. The SMILES string of the molecule is CC[NH+]1CCc2c(sc3c2c(N2CCCC[C@@H]2C)nc2nnnn23)C1. The van der Waals surface area contributed by atoms with Gasteiger partial charge in [0.05, 0.1) is 23.4 Å². The van der Waals surface area contributed by atoms with E-state index in [4.69, 9.17) is 4.98 Å². The third-order valence-electron chi connectivity index (χ3n) is 5.86. The highest BCUT2D eigenvalue weighted by Gasteiger charge is 2.30. The summed E-state index contributed by atoms with van der Waals surface area (Å²) in [6.07, 6.45) is 4.91. The molecule has 0 amide bonds. The summed E-state index contributed by atoms with van der Waals surface area (Å²) in [5.41, 5.74) is 1.50. The minimum Gasteiger partial charge on any atom is -0.353 e. The summed E-state index contributed by atoms with van der Waals surface area (Å²) in [6.45, 7) is 9.18. The smallest absolute Gasteiger partial charge is 0.276 e. The van der Waals surface area contributed by atoms with Gasteiger partial charge in [-0.2, -0.15) is 9.50 Å². The van der Waals surface area contributed by atoms with Crippen LogP contribution in [0.5, 0.6) is 0 Å². The molecule has 5 heterocycles. The first-order valence-corrected chi connectivity index (χ1v) is 10.2. The number of quaternary nitrogens is 1. The van der Waals surface area contributed by atoms with Crippen molar-refractivity contribution in [3.8, 4) is 0 Å². The quantitative estimate of drug-likeness (QED) is 0.743. The van der Waals surface area contributed by atoms with Gasteiger partial charge >= 0.3 is 0 Å². The second kappa shape index (κ2) is 5.88. The summed E-state index contributed by atoms with van der Waals surface area (Å²) in [7, 11) is 0. The predicted octanol–water partition coefficient (Wildman–Crippen LogP) is 1.07. The maximum absolute atomic E-state index is 4.91. The molecule has 1 saturated heterocycles. The topological polar surface area (TPSA) is 63.7 Å². The van der Waals surface area contributed by atoms with Crippen molar-refractivity contribution in [1.29, 1.82) is 0 Å². The number of hydrogen-bond acceptors (Lipinski definition) is 6. The van der Waals surface area contributed by atoms with Gasteiger partial charge in [-0.1, -0.05) is 5.10 Å². The number of fused-ring (bicyclic) bond motifs is 5. The van der Waals surface area contributed by atoms with Crippen molar-refractivity contribution >= 4 is 33.1 Å². The molecule has 5 rings (SSSR count). The first kappa shape index (κ1) is 15.5. The molecule has 7 nitrogen and oxygen atoms in total. The van der Waals surface area contributed by atoms with Gasteiger partial charge in [0, 0.05) is 19.0 Å². The van der Waals surface area contributed by atoms with E-state index < -0.39 is 0 Å². The maximum atomic E-state index is 4.91. The summed E-state index contributed by atoms with van der Waals surface area (Å²) in [5, 5.41) is 13.6. The first-order valence-electron chi connectivity index (χ1n) is 9.38. The summed E-state index contributed by atoms with van der Waals surface area (Å²) < 4.78 is 1.84. The lowest BCUT2D eigenvalue weighted by Gasteiger charge is -2.35. The molecule has 0 aliphatic carbocycles. The fraction of sp³-hybridized carbons (Fsp3) is 0.647. The average molecular weight is 358 g/mol. The molecule has 1 unspecified atom stereocenters. The maximum Gasteiger partial charge on any atom is 0.276 e. The lowest BCUT2D eigenvalue weighted by molar-refractivity contribution is -0.913. The molecule has 132 valence electrons. The van der Waals surface area contributed by atoms with E-state index >= 15 is 0 Å². The standard InChI is InChI=1S/C17H23N7S/c1-3-22-9-7-12-13(10-22)25-16-14(12)15(18-17-19-20-21-24(16)17)23-8-5-4-6-11(23)2/h11H,3-10H2,1-2H3/p+1/t11-/m0/s1.